The number of hydrogen-bond donors (Lipinski definition) is 2. The maximum atomic E-state index is 13.6. The van der Waals surface area contributed by atoms with E-state index in [0.29, 0.717) is 5.69 Å². The fourth-order valence-electron chi connectivity index (χ4n) is 2.04. The van der Waals surface area contributed by atoms with Crippen molar-refractivity contribution < 1.29 is 9.18 Å². The number of amides is 1. The van der Waals surface area contributed by atoms with Gasteiger partial charge in [0, 0.05) is 11.1 Å². The van der Waals surface area contributed by atoms with Gasteiger partial charge in [-0.3, -0.25) is 9.89 Å². The maximum absolute atomic E-state index is 13.6. The molecule has 7 heteroatoms. The van der Waals surface area contributed by atoms with Crippen LogP contribution in [-0.4, -0.2) is 22.3 Å². The van der Waals surface area contributed by atoms with Crippen molar-refractivity contribution in [1.29, 1.82) is 0 Å². The molecule has 0 saturated heterocycles. The zero-order valence-electron chi connectivity index (χ0n) is 12.3. The third-order valence-corrected chi connectivity index (χ3v) is 3.58. The Balaban J connectivity index is 1.70. The summed E-state index contributed by atoms with van der Waals surface area (Å²) in [7, 11) is 0. The Hall–Kier alpha value is -2.99. The van der Waals surface area contributed by atoms with Gasteiger partial charge in [-0.15, -0.1) is 0 Å². The summed E-state index contributed by atoms with van der Waals surface area (Å²) in [5.74, 6) is -1.01. The van der Waals surface area contributed by atoms with Gasteiger partial charge >= 0.3 is 0 Å². The highest BCUT2D eigenvalue weighted by molar-refractivity contribution is 6.33. The molecule has 0 fully saturated rings. The maximum Gasteiger partial charge on any atom is 0.289 e. The molecule has 0 bridgehead atoms. The van der Waals surface area contributed by atoms with Crippen molar-refractivity contribution in [2.75, 3.05) is 0 Å². The Bertz CT molecular complexity index is 872. The van der Waals surface area contributed by atoms with Gasteiger partial charge in [0.15, 0.2) is 0 Å². The van der Waals surface area contributed by atoms with E-state index in [-0.39, 0.29) is 16.3 Å². The number of carbonyl (C=O) groups is 1. The lowest BCUT2D eigenvalue weighted by Crippen LogP contribution is -2.18. The van der Waals surface area contributed by atoms with Crippen LogP contribution >= 0.6 is 11.6 Å². The van der Waals surface area contributed by atoms with Crippen LogP contribution in [-0.2, 0) is 0 Å². The van der Waals surface area contributed by atoms with Crippen LogP contribution in [0.3, 0.4) is 0 Å². The van der Waals surface area contributed by atoms with Gasteiger partial charge in [0.2, 0.25) is 0 Å². The summed E-state index contributed by atoms with van der Waals surface area (Å²) in [5, 5.41) is 10.7. The van der Waals surface area contributed by atoms with Crippen LogP contribution < -0.4 is 5.43 Å². The van der Waals surface area contributed by atoms with E-state index in [2.05, 4.69) is 20.7 Å². The van der Waals surface area contributed by atoms with E-state index in [9.17, 15) is 9.18 Å². The number of carbonyl (C=O) groups excluding carboxylic acids is 1. The molecule has 2 N–H and O–H groups in total. The predicted octanol–water partition coefficient (Wildman–Crippen LogP) is 3.63. The summed E-state index contributed by atoms with van der Waals surface area (Å²) in [6.45, 7) is 0. The smallest absolute Gasteiger partial charge is 0.272 e. The molecule has 0 unspecified atom stereocenters. The van der Waals surface area contributed by atoms with Crippen molar-refractivity contribution in [2.24, 2.45) is 5.10 Å². The number of aromatic amines is 1. The lowest BCUT2D eigenvalue weighted by molar-refractivity contribution is 0.0950. The standard InChI is InChI=1S/C17H12ClFN4O/c18-13-7-4-8-14(19)12(13)10-20-23-17(24)16-9-15(21-22-16)11-5-2-1-3-6-11/h1-10H,(H,21,22)(H,23,24)/b20-10+. The highest BCUT2D eigenvalue weighted by atomic mass is 35.5. The zero-order valence-corrected chi connectivity index (χ0v) is 13.1. The Morgan fingerprint density at radius 2 is 2.00 bits per heavy atom. The molecular weight excluding hydrogens is 331 g/mol. The van der Waals surface area contributed by atoms with E-state index >= 15 is 0 Å². The summed E-state index contributed by atoms with van der Waals surface area (Å²) in [5.41, 5.74) is 4.17. The molecule has 1 amide bonds. The zero-order chi connectivity index (χ0) is 16.9. The first-order valence-electron chi connectivity index (χ1n) is 7.03. The molecule has 1 aromatic heterocycles. The summed E-state index contributed by atoms with van der Waals surface area (Å²) in [6.07, 6.45) is 1.16. The highest BCUT2D eigenvalue weighted by Gasteiger charge is 2.10. The first-order chi connectivity index (χ1) is 11.6. The van der Waals surface area contributed by atoms with Gasteiger partial charge in [-0.05, 0) is 18.2 Å². The van der Waals surface area contributed by atoms with E-state index in [1.54, 1.807) is 6.07 Å². The minimum absolute atomic E-state index is 0.106. The predicted molar refractivity (Wildman–Crippen MR) is 90.5 cm³/mol. The topological polar surface area (TPSA) is 70.1 Å². The average molecular weight is 343 g/mol. The summed E-state index contributed by atoms with van der Waals surface area (Å²) in [6, 6.07) is 15.3. The number of H-pyrrole nitrogens is 1. The molecule has 3 aromatic rings. The third-order valence-electron chi connectivity index (χ3n) is 3.25. The number of rotatable bonds is 4. The van der Waals surface area contributed by atoms with Crippen molar-refractivity contribution in [3.63, 3.8) is 0 Å². The molecule has 0 atom stereocenters. The summed E-state index contributed by atoms with van der Waals surface area (Å²) >= 11 is 5.87. The minimum Gasteiger partial charge on any atom is -0.272 e. The fourth-order valence-corrected chi connectivity index (χ4v) is 2.26. The molecule has 3 rings (SSSR count). The number of hydrogen-bond acceptors (Lipinski definition) is 3. The van der Waals surface area contributed by atoms with Gasteiger partial charge < -0.3 is 0 Å². The molecule has 5 nitrogen and oxygen atoms in total. The van der Waals surface area contributed by atoms with E-state index in [1.165, 1.54) is 18.2 Å². The van der Waals surface area contributed by atoms with E-state index in [0.717, 1.165) is 11.8 Å². The van der Waals surface area contributed by atoms with Gasteiger partial charge in [-0.25, -0.2) is 9.82 Å². The van der Waals surface area contributed by atoms with Gasteiger partial charge in [-0.1, -0.05) is 48.0 Å². The Morgan fingerprint density at radius 3 is 2.75 bits per heavy atom. The highest BCUT2D eigenvalue weighted by Crippen LogP contribution is 2.17. The number of nitrogens with one attached hydrogen (secondary N) is 2. The Labute approximate surface area is 142 Å². The number of halogens is 2. The van der Waals surface area contributed by atoms with Gasteiger partial charge in [0.05, 0.1) is 16.9 Å². The lowest BCUT2D eigenvalue weighted by Gasteiger charge is -1.99. The lowest BCUT2D eigenvalue weighted by atomic mass is 10.1. The van der Waals surface area contributed by atoms with E-state index in [4.69, 9.17) is 11.6 Å². The van der Waals surface area contributed by atoms with Crippen LogP contribution in [0.25, 0.3) is 11.3 Å². The van der Waals surface area contributed by atoms with Crippen molar-refractivity contribution in [3.05, 3.63) is 76.7 Å². The fraction of sp³-hybridized carbons (Fsp3) is 0. The van der Waals surface area contributed by atoms with Gasteiger partial charge in [-0.2, -0.15) is 10.2 Å². The summed E-state index contributed by atoms with van der Waals surface area (Å²) in [4.78, 5) is 12.0. The molecule has 0 radical (unpaired) electrons. The number of aromatic nitrogens is 2. The van der Waals surface area contributed by atoms with Crippen LogP contribution in [0.4, 0.5) is 4.39 Å². The Morgan fingerprint density at radius 1 is 1.21 bits per heavy atom. The van der Waals surface area contributed by atoms with Crippen molar-refractivity contribution in [2.45, 2.75) is 0 Å². The second kappa shape index (κ2) is 7.06. The van der Waals surface area contributed by atoms with Crippen molar-refractivity contribution in [1.82, 2.24) is 15.6 Å². The number of hydrazone groups is 1. The molecule has 0 aliphatic rings. The second-order valence-electron chi connectivity index (χ2n) is 4.87. The molecular formula is C17H12ClFN4O. The van der Waals surface area contributed by atoms with Crippen LogP contribution in [0.15, 0.2) is 59.7 Å². The van der Waals surface area contributed by atoms with Crippen LogP contribution in [0.1, 0.15) is 16.1 Å². The quantitative estimate of drug-likeness (QED) is 0.561. The monoisotopic (exact) mass is 342 g/mol. The number of nitrogens with zero attached hydrogens (tertiary/aromatic N) is 2. The van der Waals surface area contributed by atoms with E-state index in [1.807, 2.05) is 30.3 Å². The molecule has 0 spiro atoms. The first-order valence-corrected chi connectivity index (χ1v) is 7.41. The molecule has 0 aliphatic heterocycles. The normalized spacial score (nSPS) is 10.9. The first kappa shape index (κ1) is 15.9. The molecule has 0 saturated carbocycles. The van der Waals surface area contributed by atoms with Crippen LogP contribution in [0.5, 0.6) is 0 Å². The van der Waals surface area contributed by atoms with E-state index < -0.39 is 11.7 Å². The van der Waals surface area contributed by atoms with Gasteiger partial charge in [0.25, 0.3) is 5.91 Å². The van der Waals surface area contributed by atoms with Crippen molar-refractivity contribution in [3.8, 4) is 11.3 Å². The van der Waals surface area contributed by atoms with Crippen LogP contribution in [0, 0.1) is 5.82 Å². The molecule has 0 aliphatic carbocycles. The minimum atomic E-state index is -0.520. The van der Waals surface area contributed by atoms with Crippen molar-refractivity contribution >= 4 is 23.7 Å². The Kier molecular flexibility index (Phi) is 4.67. The second-order valence-corrected chi connectivity index (χ2v) is 5.27. The molecule has 2 aromatic carbocycles. The summed E-state index contributed by atoms with van der Waals surface area (Å²) < 4.78 is 13.6. The molecule has 120 valence electrons. The molecule has 1 heterocycles. The largest absolute Gasteiger partial charge is 0.289 e. The van der Waals surface area contributed by atoms with Crippen LogP contribution in [0.2, 0.25) is 5.02 Å². The third kappa shape index (κ3) is 3.49. The van der Waals surface area contributed by atoms with Gasteiger partial charge in [0.1, 0.15) is 11.5 Å². The SMILES string of the molecule is O=C(N/N=C/c1c(F)cccc1Cl)c1cc(-c2ccccc2)n[nH]1. The number of benzene rings is 2. The average Bonchev–Trinajstić information content (AvgIpc) is 3.08. The molecule has 24 heavy (non-hydrogen) atoms.